The lowest BCUT2D eigenvalue weighted by atomic mass is 9.84. The lowest BCUT2D eigenvalue weighted by Gasteiger charge is -2.41. The summed E-state index contributed by atoms with van der Waals surface area (Å²) in [5, 5.41) is 4.02. The lowest BCUT2D eigenvalue weighted by molar-refractivity contribution is -0.122. The first-order valence-electron chi connectivity index (χ1n) is 8.14. The number of nitrogens with one attached hydrogen (secondary N) is 1. The average Bonchev–Trinajstić information content (AvgIpc) is 2.73. The molecule has 2 aromatic rings. The number of fused-ring (bicyclic) bond motifs is 1. The van der Waals surface area contributed by atoms with E-state index in [9.17, 15) is 4.79 Å². The van der Waals surface area contributed by atoms with Crippen molar-refractivity contribution in [1.82, 2.24) is 9.97 Å². The summed E-state index contributed by atoms with van der Waals surface area (Å²) in [6, 6.07) is 8.10. The molecule has 3 heterocycles. The summed E-state index contributed by atoms with van der Waals surface area (Å²) in [6.45, 7) is 3.95. The molecule has 5 nitrogen and oxygen atoms in total. The number of hydrogen-bond donors (Lipinski definition) is 1. The largest absolute Gasteiger partial charge is 0.367 e. The van der Waals surface area contributed by atoms with E-state index in [1.807, 2.05) is 43.0 Å². The van der Waals surface area contributed by atoms with Crippen molar-refractivity contribution >= 4 is 29.1 Å². The molecular weight excluding hydrogens is 324 g/mol. The Morgan fingerprint density at radius 1 is 1.25 bits per heavy atom. The molecule has 6 heteroatoms. The number of rotatable bonds is 3. The van der Waals surface area contributed by atoms with Gasteiger partial charge in [0.25, 0.3) is 0 Å². The van der Waals surface area contributed by atoms with Gasteiger partial charge >= 0.3 is 0 Å². The molecule has 0 atom stereocenters. The first kappa shape index (κ1) is 15.4. The van der Waals surface area contributed by atoms with Crippen LogP contribution >= 0.6 is 11.6 Å². The van der Waals surface area contributed by atoms with Crippen LogP contribution in [0.4, 0.5) is 11.6 Å². The fourth-order valence-electron chi connectivity index (χ4n) is 3.51. The highest BCUT2D eigenvalue weighted by Gasteiger charge is 2.50. The van der Waals surface area contributed by atoms with Crippen LogP contribution < -0.4 is 10.2 Å². The van der Waals surface area contributed by atoms with Crippen molar-refractivity contribution in [2.24, 2.45) is 0 Å². The van der Waals surface area contributed by atoms with E-state index in [1.165, 1.54) is 0 Å². The van der Waals surface area contributed by atoms with Gasteiger partial charge in [0.2, 0.25) is 5.91 Å². The number of nitrogens with zero attached hydrogens (tertiary/aromatic N) is 3. The van der Waals surface area contributed by atoms with Crippen LogP contribution in [0.1, 0.15) is 32.3 Å². The second-order valence-electron chi connectivity index (χ2n) is 7.00. The third kappa shape index (κ3) is 2.35. The molecular formula is C18H19ClN4O. The average molecular weight is 343 g/mol. The Balaban J connectivity index is 1.47. The van der Waals surface area contributed by atoms with Crippen molar-refractivity contribution in [3.63, 3.8) is 0 Å². The van der Waals surface area contributed by atoms with E-state index in [-0.39, 0.29) is 11.9 Å². The van der Waals surface area contributed by atoms with E-state index in [4.69, 9.17) is 11.6 Å². The van der Waals surface area contributed by atoms with Crippen molar-refractivity contribution in [3.8, 4) is 0 Å². The van der Waals surface area contributed by atoms with Crippen LogP contribution in [0.25, 0.3) is 0 Å². The normalized spacial score (nSPS) is 24.5. The molecule has 1 aliphatic carbocycles. The van der Waals surface area contributed by atoms with Crippen LogP contribution in [0.3, 0.4) is 0 Å². The van der Waals surface area contributed by atoms with Crippen molar-refractivity contribution in [1.29, 1.82) is 0 Å². The molecule has 1 fully saturated rings. The van der Waals surface area contributed by atoms with Gasteiger partial charge in [-0.3, -0.25) is 9.69 Å². The number of halogens is 1. The van der Waals surface area contributed by atoms with Gasteiger partial charge in [-0.2, -0.15) is 0 Å². The predicted molar refractivity (Wildman–Crippen MR) is 94.4 cm³/mol. The third-order valence-electron chi connectivity index (χ3n) is 5.00. The van der Waals surface area contributed by atoms with Crippen LogP contribution in [-0.4, -0.2) is 28.0 Å². The quantitative estimate of drug-likeness (QED) is 0.928. The molecule has 1 amide bonds. The van der Waals surface area contributed by atoms with Gasteiger partial charge in [0.05, 0.1) is 10.4 Å². The third-order valence-corrected chi connectivity index (χ3v) is 5.22. The molecule has 4 rings (SSSR count). The van der Waals surface area contributed by atoms with Gasteiger partial charge in [-0.25, -0.2) is 9.97 Å². The van der Waals surface area contributed by atoms with Crippen molar-refractivity contribution in [2.45, 2.75) is 44.2 Å². The molecule has 0 radical (unpaired) electrons. The number of carbonyl (C=O) groups is 1. The fourth-order valence-corrected chi connectivity index (χ4v) is 3.63. The van der Waals surface area contributed by atoms with Crippen molar-refractivity contribution in [3.05, 3.63) is 47.2 Å². The lowest BCUT2D eigenvalue weighted by Crippen LogP contribution is -2.53. The molecule has 0 aromatic carbocycles. The molecule has 1 N–H and O–H groups in total. The zero-order chi connectivity index (χ0) is 16.9. The molecule has 0 saturated heterocycles. The van der Waals surface area contributed by atoms with E-state index in [0.29, 0.717) is 11.1 Å². The highest BCUT2D eigenvalue weighted by molar-refractivity contribution is 6.30. The van der Waals surface area contributed by atoms with E-state index < -0.39 is 5.41 Å². The molecule has 1 saturated carbocycles. The predicted octanol–water partition coefficient (Wildman–Crippen LogP) is 3.40. The first-order valence-corrected chi connectivity index (χ1v) is 8.52. The molecule has 124 valence electrons. The summed E-state index contributed by atoms with van der Waals surface area (Å²) in [7, 11) is 0. The van der Waals surface area contributed by atoms with Gasteiger partial charge in [-0.15, -0.1) is 0 Å². The minimum atomic E-state index is -0.500. The van der Waals surface area contributed by atoms with Crippen molar-refractivity contribution in [2.75, 3.05) is 10.2 Å². The maximum atomic E-state index is 12.9. The molecule has 2 aromatic heterocycles. The smallest absolute Gasteiger partial charge is 0.238 e. The topological polar surface area (TPSA) is 58.1 Å². The second-order valence-corrected chi connectivity index (χ2v) is 7.44. The molecule has 1 aliphatic heterocycles. The Kier molecular flexibility index (Phi) is 3.49. The van der Waals surface area contributed by atoms with Gasteiger partial charge in [0.15, 0.2) is 0 Å². The maximum Gasteiger partial charge on any atom is 0.238 e. The van der Waals surface area contributed by atoms with Crippen LogP contribution in [0.15, 0.2) is 36.7 Å². The SMILES string of the molecule is CC1(C)C(=O)N([C@H]2C[C@H](Nc3ccc(Cl)cn3)C2)c2ncccc21. The number of amides is 1. The Hall–Kier alpha value is -2.14. The number of aromatic nitrogens is 2. The molecule has 0 spiro atoms. The summed E-state index contributed by atoms with van der Waals surface area (Å²) in [5.74, 6) is 1.78. The van der Waals surface area contributed by atoms with E-state index in [0.717, 1.165) is 30.0 Å². The molecule has 2 aliphatic rings. The Morgan fingerprint density at radius 2 is 2.04 bits per heavy atom. The van der Waals surface area contributed by atoms with E-state index in [1.54, 1.807) is 12.4 Å². The van der Waals surface area contributed by atoms with Gasteiger partial charge in [0, 0.05) is 30.0 Å². The molecule has 0 unspecified atom stereocenters. The van der Waals surface area contributed by atoms with Crippen LogP contribution in [0.2, 0.25) is 5.02 Å². The minimum absolute atomic E-state index is 0.143. The maximum absolute atomic E-state index is 12.9. The van der Waals surface area contributed by atoms with E-state index >= 15 is 0 Å². The van der Waals surface area contributed by atoms with Crippen LogP contribution in [0.5, 0.6) is 0 Å². The molecule has 0 bridgehead atoms. The van der Waals surface area contributed by atoms with Crippen LogP contribution in [-0.2, 0) is 10.2 Å². The Morgan fingerprint density at radius 3 is 2.75 bits per heavy atom. The van der Waals surface area contributed by atoms with Gasteiger partial charge < -0.3 is 5.32 Å². The number of anilines is 2. The summed E-state index contributed by atoms with van der Waals surface area (Å²) in [5.41, 5.74) is 0.519. The highest BCUT2D eigenvalue weighted by atomic mass is 35.5. The van der Waals surface area contributed by atoms with Crippen molar-refractivity contribution < 1.29 is 4.79 Å². The summed E-state index contributed by atoms with van der Waals surface area (Å²) < 4.78 is 0. The summed E-state index contributed by atoms with van der Waals surface area (Å²) >= 11 is 5.85. The zero-order valence-electron chi connectivity index (χ0n) is 13.7. The number of pyridine rings is 2. The van der Waals surface area contributed by atoms with Gasteiger partial charge in [-0.05, 0) is 44.9 Å². The first-order chi connectivity index (χ1) is 11.5. The number of hydrogen-bond acceptors (Lipinski definition) is 4. The summed E-state index contributed by atoms with van der Waals surface area (Å²) in [6.07, 6.45) is 5.17. The highest BCUT2D eigenvalue weighted by Crippen LogP contribution is 2.44. The molecule has 24 heavy (non-hydrogen) atoms. The summed E-state index contributed by atoms with van der Waals surface area (Å²) in [4.78, 5) is 23.5. The zero-order valence-corrected chi connectivity index (χ0v) is 14.4. The Labute approximate surface area is 146 Å². The van der Waals surface area contributed by atoms with Gasteiger partial charge in [0.1, 0.15) is 11.6 Å². The second kappa shape index (κ2) is 5.45. The van der Waals surface area contributed by atoms with E-state index in [2.05, 4.69) is 15.3 Å². The Bertz CT molecular complexity index is 784. The standard InChI is InChI=1S/C18H19ClN4O/c1-18(2)14-4-3-7-20-16(14)23(17(18)24)13-8-12(9-13)22-15-6-5-11(19)10-21-15/h3-7,10,12-13H,8-9H2,1-2H3,(H,21,22)/t12-,13-. The number of carbonyl (C=O) groups excluding carboxylic acids is 1. The fraction of sp³-hybridized carbons (Fsp3) is 0.389. The minimum Gasteiger partial charge on any atom is -0.367 e. The monoisotopic (exact) mass is 342 g/mol. The van der Waals surface area contributed by atoms with Crippen LogP contribution in [0, 0.1) is 0 Å². The van der Waals surface area contributed by atoms with Gasteiger partial charge in [-0.1, -0.05) is 17.7 Å².